The van der Waals surface area contributed by atoms with Gasteiger partial charge in [-0.2, -0.15) is 0 Å². The zero-order chi connectivity index (χ0) is 13.8. The van der Waals surface area contributed by atoms with Gasteiger partial charge in [-0.25, -0.2) is 4.39 Å². The molecule has 0 bridgehead atoms. The maximum absolute atomic E-state index is 12.6. The summed E-state index contributed by atoms with van der Waals surface area (Å²) < 4.78 is 12.6. The molecule has 1 saturated heterocycles. The van der Waals surface area contributed by atoms with Crippen LogP contribution in [0.5, 0.6) is 0 Å². The Kier molecular flexibility index (Phi) is 10.6. The van der Waals surface area contributed by atoms with Gasteiger partial charge in [0.25, 0.3) is 0 Å². The minimum absolute atomic E-state index is 0.158. The summed E-state index contributed by atoms with van der Waals surface area (Å²) in [4.78, 5) is 2.38. The molecule has 1 fully saturated rings. The molecule has 0 amide bonds. The van der Waals surface area contributed by atoms with Crippen molar-refractivity contribution >= 4 is 0 Å². The van der Waals surface area contributed by atoms with E-state index in [9.17, 15) is 4.39 Å². The van der Waals surface area contributed by atoms with Crippen LogP contribution in [0.2, 0.25) is 0 Å². The van der Waals surface area contributed by atoms with Crippen molar-refractivity contribution in [2.45, 2.75) is 34.2 Å². The van der Waals surface area contributed by atoms with Crippen LogP contribution in [0.3, 0.4) is 0 Å². The van der Waals surface area contributed by atoms with Crippen molar-refractivity contribution in [3.8, 4) is 0 Å². The lowest BCUT2D eigenvalue weighted by Gasteiger charge is -2.27. The predicted octanol–water partition coefficient (Wildman–Crippen LogP) is 3.28. The third-order valence-corrected chi connectivity index (χ3v) is 2.53. The molecule has 1 aromatic rings. The molecule has 0 radical (unpaired) electrons. The molecule has 0 saturated carbocycles. The largest absolute Gasteiger partial charge is 0.314 e. The minimum Gasteiger partial charge on any atom is -0.314 e. The van der Waals surface area contributed by atoms with Crippen molar-refractivity contribution in [3.63, 3.8) is 0 Å². The Morgan fingerprint density at radius 3 is 2.00 bits per heavy atom. The first-order chi connectivity index (χ1) is 8.84. The standard InChI is InChI=1S/C11H15FN2.2C2H6/c12-11-3-1-10(2-4-11)9-14-7-5-13-6-8-14;2*1-2/h1-4,13H,5-9H2;2*1-2H3. The van der Waals surface area contributed by atoms with E-state index in [1.54, 1.807) is 0 Å². The molecule has 0 unspecified atom stereocenters. The third-order valence-electron chi connectivity index (χ3n) is 2.53. The summed E-state index contributed by atoms with van der Waals surface area (Å²) >= 11 is 0. The molecule has 1 N–H and O–H groups in total. The predicted molar refractivity (Wildman–Crippen MR) is 77.2 cm³/mol. The summed E-state index contributed by atoms with van der Waals surface area (Å²) in [5, 5.41) is 3.31. The number of halogens is 1. The van der Waals surface area contributed by atoms with Gasteiger partial charge in [-0.3, -0.25) is 4.90 Å². The lowest BCUT2D eigenvalue weighted by atomic mass is 10.2. The van der Waals surface area contributed by atoms with Crippen molar-refractivity contribution in [1.29, 1.82) is 0 Å². The van der Waals surface area contributed by atoms with E-state index in [0.717, 1.165) is 32.7 Å². The van der Waals surface area contributed by atoms with Gasteiger partial charge in [0.1, 0.15) is 5.82 Å². The number of nitrogens with one attached hydrogen (secondary N) is 1. The second-order valence-corrected chi connectivity index (χ2v) is 3.65. The van der Waals surface area contributed by atoms with Crippen molar-refractivity contribution in [3.05, 3.63) is 35.6 Å². The second-order valence-electron chi connectivity index (χ2n) is 3.65. The van der Waals surface area contributed by atoms with Gasteiger partial charge in [-0.05, 0) is 17.7 Å². The molecule has 2 rings (SSSR count). The van der Waals surface area contributed by atoms with E-state index in [0.29, 0.717) is 0 Å². The highest BCUT2D eigenvalue weighted by atomic mass is 19.1. The van der Waals surface area contributed by atoms with Gasteiger partial charge in [0.2, 0.25) is 0 Å². The van der Waals surface area contributed by atoms with Crippen LogP contribution < -0.4 is 5.32 Å². The fourth-order valence-corrected chi connectivity index (χ4v) is 1.72. The Balaban J connectivity index is 0.000000659. The number of piperazine rings is 1. The normalized spacial score (nSPS) is 14.9. The molecule has 2 nitrogen and oxygen atoms in total. The minimum atomic E-state index is -0.158. The van der Waals surface area contributed by atoms with Crippen LogP contribution in [0.15, 0.2) is 24.3 Å². The first kappa shape index (κ1) is 17.1. The van der Waals surface area contributed by atoms with E-state index in [1.807, 2.05) is 39.8 Å². The summed E-state index contributed by atoms with van der Waals surface area (Å²) in [7, 11) is 0. The van der Waals surface area contributed by atoms with Gasteiger partial charge < -0.3 is 5.32 Å². The van der Waals surface area contributed by atoms with Crippen molar-refractivity contribution in [1.82, 2.24) is 10.2 Å². The van der Waals surface area contributed by atoms with Gasteiger partial charge >= 0.3 is 0 Å². The second kappa shape index (κ2) is 11.2. The average Bonchev–Trinajstić information content (AvgIpc) is 2.47. The average molecular weight is 254 g/mol. The summed E-state index contributed by atoms with van der Waals surface area (Å²) in [6, 6.07) is 6.77. The number of hydrogen-bond donors (Lipinski definition) is 1. The first-order valence-corrected chi connectivity index (χ1v) is 7.02. The molecule has 0 atom stereocenters. The third kappa shape index (κ3) is 6.72. The molecule has 1 heterocycles. The Morgan fingerprint density at radius 2 is 1.50 bits per heavy atom. The molecule has 3 heteroatoms. The lowest BCUT2D eigenvalue weighted by Crippen LogP contribution is -2.42. The monoisotopic (exact) mass is 254 g/mol. The SMILES string of the molecule is CC.CC.Fc1ccc(CN2CCNCC2)cc1. The van der Waals surface area contributed by atoms with E-state index in [1.165, 1.54) is 17.7 Å². The van der Waals surface area contributed by atoms with Crippen LogP contribution in [0.25, 0.3) is 0 Å². The van der Waals surface area contributed by atoms with Crippen LogP contribution >= 0.6 is 0 Å². The number of nitrogens with zero attached hydrogens (tertiary/aromatic N) is 1. The highest BCUT2D eigenvalue weighted by Crippen LogP contribution is 2.06. The molecule has 0 aromatic heterocycles. The Labute approximate surface area is 111 Å². The van der Waals surface area contributed by atoms with Crippen molar-refractivity contribution in [2.75, 3.05) is 26.2 Å². The summed E-state index contributed by atoms with van der Waals surface area (Å²) in [6.45, 7) is 13.2. The van der Waals surface area contributed by atoms with E-state index < -0.39 is 0 Å². The zero-order valence-corrected chi connectivity index (χ0v) is 12.2. The molecular weight excluding hydrogens is 227 g/mol. The highest BCUT2D eigenvalue weighted by molar-refractivity contribution is 5.15. The Morgan fingerprint density at radius 1 is 1.00 bits per heavy atom. The topological polar surface area (TPSA) is 15.3 Å². The van der Waals surface area contributed by atoms with Gasteiger partial charge in [-0.1, -0.05) is 39.8 Å². The van der Waals surface area contributed by atoms with Crippen molar-refractivity contribution < 1.29 is 4.39 Å². The molecule has 1 aromatic carbocycles. The smallest absolute Gasteiger partial charge is 0.123 e. The maximum atomic E-state index is 12.6. The molecule has 104 valence electrons. The fraction of sp³-hybridized carbons (Fsp3) is 0.600. The zero-order valence-electron chi connectivity index (χ0n) is 12.2. The van der Waals surface area contributed by atoms with E-state index in [4.69, 9.17) is 0 Å². The van der Waals surface area contributed by atoms with E-state index in [-0.39, 0.29) is 5.82 Å². The molecule has 18 heavy (non-hydrogen) atoms. The van der Waals surface area contributed by atoms with E-state index in [2.05, 4.69) is 10.2 Å². The first-order valence-electron chi connectivity index (χ1n) is 7.02. The Bertz CT molecular complexity index is 279. The highest BCUT2D eigenvalue weighted by Gasteiger charge is 2.09. The van der Waals surface area contributed by atoms with Gasteiger partial charge in [0.05, 0.1) is 0 Å². The number of benzene rings is 1. The summed E-state index contributed by atoms with van der Waals surface area (Å²) in [6.07, 6.45) is 0. The molecule has 0 aliphatic carbocycles. The fourth-order valence-electron chi connectivity index (χ4n) is 1.72. The van der Waals surface area contributed by atoms with Crippen LogP contribution in [0, 0.1) is 5.82 Å². The van der Waals surface area contributed by atoms with Crippen LogP contribution in [0.1, 0.15) is 33.3 Å². The maximum Gasteiger partial charge on any atom is 0.123 e. The van der Waals surface area contributed by atoms with Crippen LogP contribution in [-0.4, -0.2) is 31.1 Å². The van der Waals surface area contributed by atoms with Gasteiger partial charge in [-0.15, -0.1) is 0 Å². The van der Waals surface area contributed by atoms with Crippen molar-refractivity contribution in [2.24, 2.45) is 0 Å². The molecule has 1 aliphatic heterocycles. The molecule has 0 spiro atoms. The summed E-state index contributed by atoms with van der Waals surface area (Å²) in [5.74, 6) is -0.158. The molecular formula is C15H27FN2. The van der Waals surface area contributed by atoms with Gasteiger partial charge in [0, 0.05) is 32.7 Å². The number of hydrogen-bond acceptors (Lipinski definition) is 2. The van der Waals surface area contributed by atoms with E-state index >= 15 is 0 Å². The lowest BCUT2D eigenvalue weighted by molar-refractivity contribution is 0.233. The molecule has 1 aliphatic rings. The van der Waals surface area contributed by atoms with Gasteiger partial charge in [0.15, 0.2) is 0 Å². The Hall–Kier alpha value is -0.930. The van der Waals surface area contributed by atoms with Crippen LogP contribution in [-0.2, 0) is 6.54 Å². The number of rotatable bonds is 2. The van der Waals surface area contributed by atoms with Crippen LogP contribution in [0.4, 0.5) is 4.39 Å². The quantitative estimate of drug-likeness (QED) is 0.871. The summed E-state index contributed by atoms with van der Waals surface area (Å²) in [5.41, 5.74) is 1.19.